The minimum atomic E-state index is -0.929. The fourth-order valence-corrected chi connectivity index (χ4v) is 1.57. The number of aliphatic hydroxyl groups excluding tert-OH is 1. The van der Waals surface area contributed by atoms with Crippen LogP contribution in [-0.2, 0) is 6.54 Å². The van der Waals surface area contributed by atoms with Gasteiger partial charge in [0.25, 0.3) is 11.5 Å². The second-order valence-corrected chi connectivity index (χ2v) is 3.94. The highest BCUT2D eigenvalue weighted by Crippen LogP contribution is 1.92. The van der Waals surface area contributed by atoms with Crippen LogP contribution in [0.1, 0.15) is 10.4 Å². The molecule has 1 aliphatic heterocycles. The molecule has 0 aromatic carbocycles. The van der Waals surface area contributed by atoms with E-state index in [4.69, 9.17) is 10.8 Å². The van der Waals surface area contributed by atoms with Gasteiger partial charge in [-0.15, -0.1) is 10.2 Å². The van der Waals surface area contributed by atoms with Crippen LogP contribution in [0.2, 0.25) is 0 Å². The second kappa shape index (κ2) is 5.54. The number of carbonyl (C=O) groups is 1. The van der Waals surface area contributed by atoms with Gasteiger partial charge in [0.15, 0.2) is 5.84 Å². The summed E-state index contributed by atoms with van der Waals surface area (Å²) in [5.74, 6) is -0.565. The number of nitrogens with one attached hydrogen (secondary N) is 3. The Kier molecular flexibility index (Phi) is 3.81. The molecule has 0 saturated carbocycles. The van der Waals surface area contributed by atoms with Gasteiger partial charge in [-0.2, -0.15) is 0 Å². The molecule has 1 aromatic rings. The molecule has 0 fully saturated rings. The molecule has 1 aliphatic rings. The molecule has 0 atom stereocenters. The van der Waals surface area contributed by atoms with E-state index in [1.807, 2.05) is 4.98 Å². The molecule has 11 heteroatoms. The molecule has 1 amide bonds. The van der Waals surface area contributed by atoms with Gasteiger partial charge < -0.3 is 10.8 Å². The molecular weight excluding hydrogens is 270 g/mol. The molecule has 0 radical (unpaired) electrons. The van der Waals surface area contributed by atoms with Crippen molar-refractivity contribution in [1.82, 2.24) is 25.6 Å². The van der Waals surface area contributed by atoms with Gasteiger partial charge in [0.2, 0.25) is 0 Å². The van der Waals surface area contributed by atoms with Crippen LogP contribution in [0.5, 0.6) is 0 Å². The van der Waals surface area contributed by atoms with Crippen LogP contribution in [0.25, 0.3) is 0 Å². The Morgan fingerprint density at radius 2 is 2.20 bits per heavy atom. The number of H-pyrrole nitrogens is 1. The highest BCUT2D eigenvalue weighted by molar-refractivity contribution is 5.92. The first-order chi connectivity index (χ1) is 9.51. The van der Waals surface area contributed by atoms with E-state index in [0.29, 0.717) is 5.84 Å². The maximum atomic E-state index is 11.6. The summed E-state index contributed by atoms with van der Waals surface area (Å²) in [5, 5.41) is 14.0. The van der Waals surface area contributed by atoms with Crippen LogP contribution in [0.15, 0.2) is 20.9 Å². The fraction of sp³-hybridized carbons (Fsp3) is 0.333. The third-order valence-electron chi connectivity index (χ3n) is 2.49. The molecular formula is C9H13N7O4. The summed E-state index contributed by atoms with van der Waals surface area (Å²) in [6, 6.07) is 0. The second-order valence-electron chi connectivity index (χ2n) is 3.94. The topological polar surface area (TPSA) is 158 Å². The highest BCUT2D eigenvalue weighted by atomic mass is 16.3. The lowest BCUT2D eigenvalue weighted by Gasteiger charge is -2.14. The minimum absolute atomic E-state index is 0.00911. The normalized spacial score (nSPS) is 14.6. The summed E-state index contributed by atoms with van der Waals surface area (Å²) in [6.45, 7) is 0.179. The predicted octanol–water partition coefficient (Wildman–Crippen LogP) is -3.73. The van der Waals surface area contributed by atoms with Crippen molar-refractivity contribution < 1.29 is 9.90 Å². The van der Waals surface area contributed by atoms with Crippen molar-refractivity contribution in [2.24, 2.45) is 10.8 Å². The maximum absolute atomic E-state index is 11.6. The Morgan fingerprint density at radius 3 is 2.85 bits per heavy atom. The van der Waals surface area contributed by atoms with Crippen LogP contribution in [0.4, 0.5) is 0 Å². The van der Waals surface area contributed by atoms with Gasteiger partial charge in [0.05, 0.1) is 19.7 Å². The van der Waals surface area contributed by atoms with Crippen LogP contribution in [0, 0.1) is 0 Å². The lowest BCUT2D eigenvalue weighted by Crippen LogP contribution is -2.45. The first-order valence-corrected chi connectivity index (χ1v) is 5.62. The number of β-amino-alcohol motifs (C(OH)–C–C–N with tert-alkyl or cyclic N) is 1. The average molecular weight is 283 g/mol. The monoisotopic (exact) mass is 283 g/mol. The van der Waals surface area contributed by atoms with E-state index in [1.54, 1.807) is 0 Å². The molecule has 0 unspecified atom stereocenters. The summed E-state index contributed by atoms with van der Waals surface area (Å²) < 4.78 is 1.08. The van der Waals surface area contributed by atoms with Gasteiger partial charge in [0.1, 0.15) is 5.56 Å². The van der Waals surface area contributed by atoms with Crippen molar-refractivity contribution in [2.75, 3.05) is 13.2 Å². The highest BCUT2D eigenvalue weighted by Gasteiger charge is 2.16. The zero-order valence-electron chi connectivity index (χ0n) is 10.3. The zero-order chi connectivity index (χ0) is 14.7. The molecule has 20 heavy (non-hydrogen) atoms. The van der Waals surface area contributed by atoms with Crippen molar-refractivity contribution >= 4 is 11.7 Å². The number of nitrogens with zero attached hydrogens (tertiary/aromatic N) is 3. The molecule has 108 valence electrons. The summed E-state index contributed by atoms with van der Waals surface area (Å²) in [5.41, 5.74) is 8.54. The lowest BCUT2D eigenvalue weighted by molar-refractivity contribution is 0.0998. The molecule has 11 nitrogen and oxygen atoms in total. The molecule has 0 bridgehead atoms. The van der Waals surface area contributed by atoms with Crippen molar-refractivity contribution in [3.05, 3.63) is 32.6 Å². The first-order valence-electron chi connectivity index (χ1n) is 5.62. The number of aromatic nitrogens is 2. The van der Waals surface area contributed by atoms with Gasteiger partial charge in [-0.05, 0) is 0 Å². The van der Waals surface area contributed by atoms with Crippen molar-refractivity contribution in [2.45, 2.75) is 6.54 Å². The number of amidine groups is 1. The van der Waals surface area contributed by atoms with Gasteiger partial charge in [0, 0.05) is 6.20 Å². The molecule has 1 aromatic heterocycles. The number of aromatic amines is 1. The standard InChI is InChI=1S/C9H13N7O4/c10-7(18)5-3-15(9(20)11-8(5)19)4-6-12-14-16(13-6)1-2-17/h3,14,17H,1-2,4H2,(H2,10,18)(H,12,13)(H,11,19,20). The van der Waals surface area contributed by atoms with Crippen molar-refractivity contribution in [3.8, 4) is 0 Å². The lowest BCUT2D eigenvalue weighted by atomic mass is 10.3. The number of aliphatic hydroxyl groups is 1. The summed E-state index contributed by atoms with van der Waals surface area (Å²) in [7, 11) is 0. The van der Waals surface area contributed by atoms with E-state index < -0.39 is 17.2 Å². The summed E-state index contributed by atoms with van der Waals surface area (Å²) in [4.78, 5) is 36.0. The zero-order valence-corrected chi connectivity index (χ0v) is 10.3. The van der Waals surface area contributed by atoms with Gasteiger partial charge >= 0.3 is 5.69 Å². The van der Waals surface area contributed by atoms with E-state index in [9.17, 15) is 14.4 Å². The minimum Gasteiger partial charge on any atom is -0.395 e. The third kappa shape index (κ3) is 2.84. The number of amides is 1. The van der Waals surface area contributed by atoms with E-state index >= 15 is 0 Å². The van der Waals surface area contributed by atoms with Crippen LogP contribution in [0.3, 0.4) is 0 Å². The van der Waals surface area contributed by atoms with Gasteiger partial charge in [-0.1, -0.05) is 0 Å². The van der Waals surface area contributed by atoms with Crippen molar-refractivity contribution in [3.63, 3.8) is 0 Å². The predicted molar refractivity (Wildman–Crippen MR) is 67.3 cm³/mol. The van der Waals surface area contributed by atoms with E-state index in [2.05, 4.69) is 16.1 Å². The fourth-order valence-electron chi connectivity index (χ4n) is 1.57. The summed E-state index contributed by atoms with van der Waals surface area (Å²) >= 11 is 0. The first kappa shape index (κ1) is 13.8. The Morgan fingerprint density at radius 1 is 1.45 bits per heavy atom. The number of primary amides is 1. The van der Waals surface area contributed by atoms with E-state index in [1.165, 1.54) is 5.12 Å². The number of hydrazine groups is 2. The smallest absolute Gasteiger partial charge is 0.328 e. The Hall–Kier alpha value is -2.66. The van der Waals surface area contributed by atoms with E-state index in [0.717, 1.165) is 10.8 Å². The molecule has 2 heterocycles. The SMILES string of the molecule is NC(=O)c1cn(CC2=NNN(CCO)N2)c(=O)[nH]c1=O. The molecule has 0 spiro atoms. The third-order valence-corrected chi connectivity index (χ3v) is 2.49. The Balaban J connectivity index is 2.19. The average Bonchev–Trinajstić information content (AvgIpc) is 2.80. The summed E-state index contributed by atoms with van der Waals surface area (Å²) in [6.07, 6.45) is 1.07. The largest absolute Gasteiger partial charge is 0.395 e. The molecule has 2 rings (SSSR count). The molecule has 0 aliphatic carbocycles. The molecule has 6 N–H and O–H groups in total. The van der Waals surface area contributed by atoms with Gasteiger partial charge in [-0.25, -0.2) is 10.3 Å². The number of hydrogen-bond acceptors (Lipinski definition) is 8. The number of hydrogen-bond donors (Lipinski definition) is 5. The maximum Gasteiger partial charge on any atom is 0.328 e. The van der Waals surface area contributed by atoms with Crippen LogP contribution in [-0.4, -0.2) is 44.7 Å². The number of hydrazone groups is 1. The number of carbonyl (C=O) groups excluding carboxylic acids is 1. The van der Waals surface area contributed by atoms with Gasteiger partial charge in [-0.3, -0.25) is 24.6 Å². The number of rotatable bonds is 5. The quantitative estimate of drug-likeness (QED) is 0.371. The number of nitrogens with two attached hydrogens (primary N) is 1. The van der Waals surface area contributed by atoms with E-state index in [-0.39, 0.29) is 25.3 Å². The van der Waals surface area contributed by atoms with Crippen LogP contribution >= 0.6 is 0 Å². The Bertz CT molecular complexity index is 661. The molecule has 0 saturated heterocycles. The Labute approximate surface area is 111 Å². The van der Waals surface area contributed by atoms with Crippen LogP contribution < -0.4 is 27.9 Å². The van der Waals surface area contributed by atoms with Crippen molar-refractivity contribution in [1.29, 1.82) is 0 Å².